The molecule has 3 N–H and O–H groups in total. The van der Waals surface area contributed by atoms with Gasteiger partial charge in [0.2, 0.25) is 5.91 Å². The monoisotopic (exact) mass is 340 g/mol. The van der Waals surface area contributed by atoms with Gasteiger partial charge in [0.1, 0.15) is 0 Å². The van der Waals surface area contributed by atoms with Gasteiger partial charge in [0.25, 0.3) is 0 Å². The summed E-state index contributed by atoms with van der Waals surface area (Å²) in [4.78, 5) is 12.0. The lowest BCUT2D eigenvalue weighted by molar-refractivity contribution is -0.117. The van der Waals surface area contributed by atoms with E-state index in [0.717, 1.165) is 0 Å². The number of rotatable bonds is 6. The normalized spacial score (nSPS) is 13.9. The van der Waals surface area contributed by atoms with Crippen LogP contribution in [-0.4, -0.2) is 25.1 Å². The van der Waals surface area contributed by atoms with Crippen molar-refractivity contribution in [1.29, 1.82) is 0 Å². The minimum atomic E-state index is -3.27. The van der Waals surface area contributed by atoms with Gasteiger partial charge >= 0.3 is 0 Å². The van der Waals surface area contributed by atoms with E-state index in [1.54, 1.807) is 45.0 Å². The Bertz CT molecular complexity index is 646. The third-order valence-electron chi connectivity index (χ3n) is 3.55. The number of carbonyl (C=O) groups excluding carboxylic acids is 1. The summed E-state index contributed by atoms with van der Waals surface area (Å²) in [6.07, 6.45) is 0.601. The first-order valence-corrected chi connectivity index (χ1v) is 9.45. The SMILES string of the molecule is CC(C)C[C@H](N)C(=O)Nc1cccc(CS(=O)(=O)C(C)(C)C)c1. The molecule has 0 bridgehead atoms. The summed E-state index contributed by atoms with van der Waals surface area (Å²) in [6.45, 7) is 9.05. The van der Waals surface area contributed by atoms with Crippen molar-refractivity contribution >= 4 is 21.4 Å². The summed E-state index contributed by atoms with van der Waals surface area (Å²) < 4.78 is 23.7. The lowest BCUT2D eigenvalue weighted by atomic mass is 10.0. The predicted molar refractivity (Wildman–Crippen MR) is 94.9 cm³/mol. The van der Waals surface area contributed by atoms with E-state index < -0.39 is 20.6 Å². The largest absolute Gasteiger partial charge is 0.325 e. The van der Waals surface area contributed by atoms with Gasteiger partial charge in [0.15, 0.2) is 9.84 Å². The summed E-state index contributed by atoms with van der Waals surface area (Å²) in [6, 6.07) is 6.32. The first kappa shape index (κ1) is 19.6. The Morgan fingerprint density at radius 1 is 1.26 bits per heavy atom. The highest BCUT2D eigenvalue weighted by atomic mass is 32.2. The second-order valence-electron chi connectivity index (χ2n) is 7.30. The molecule has 0 radical (unpaired) electrons. The molecule has 6 heteroatoms. The van der Waals surface area contributed by atoms with E-state index in [1.807, 2.05) is 13.8 Å². The Morgan fingerprint density at radius 3 is 2.39 bits per heavy atom. The van der Waals surface area contributed by atoms with E-state index in [2.05, 4.69) is 5.32 Å². The molecule has 1 aromatic carbocycles. The van der Waals surface area contributed by atoms with Crippen molar-refractivity contribution in [3.8, 4) is 0 Å². The number of hydrogen-bond acceptors (Lipinski definition) is 4. The number of nitrogens with two attached hydrogens (primary N) is 1. The van der Waals surface area contributed by atoms with Crippen molar-refractivity contribution in [1.82, 2.24) is 0 Å². The highest BCUT2D eigenvalue weighted by molar-refractivity contribution is 7.91. The van der Waals surface area contributed by atoms with E-state index >= 15 is 0 Å². The fourth-order valence-corrected chi connectivity index (χ4v) is 3.08. The van der Waals surface area contributed by atoms with Crippen LogP contribution in [0.1, 0.15) is 46.6 Å². The third-order valence-corrected chi connectivity index (χ3v) is 6.13. The molecule has 1 atom stereocenters. The van der Waals surface area contributed by atoms with E-state index in [1.165, 1.54) is 0 Å². The van der Waals surface area contributed by atoms with Gasteiger partial charge in [-0.15, -0.1) is 0 Å². The molecule has 1 aromatic rings. The Balaban J connectivity index is 2.84. The molecule has 0 spiro atoms. The summed E-state index contributed by atoms with van der Waals surface area (Å²) in [5, 5.41) is 2.75. The molecule has 5 nitrogen and oxygen atoms in total. The topological polar surface area (TPSA) is 89.3 Å². The minimum Gasteiger partial charge on any atom is -0.325 e. The van der Waals surface area contributed by atoms with Crippen LogP contribution in [-0.2, 0) is 20.4 Å². The van der Waals surface area contributed by atoms with Crippen LogP contribution >= 0.6 is 0 Å². The second-order valence-corrected chi connectivity index (χ2v) is 10.0. The second kappa shape index (κ2) is 7.45. The van der Waals surface area contributed by atoms with E-state index in [9.17, 15) is 13.2 Å². The van der Waals surface area contributed by atoms with Gasteiger partial charge in [-0.2, -0.15) is 0 Å². The van der Waals surface area contributed by atoms with Crippen molar-refractivity contribution in [3.63, 3.8) is 0 Å². The maximum atomic E-state index is 12.3. The molecule has 1 rings (SSSR count). The Kier molecular flexibility index (Phi) is 6.36. The molecule has 0 unspecified atom stereocenters. The van der Waals surface area contributed by atoms with Crippen LogP contribution in [0.4, 0.5) is 5.69 Å². The summed E-state index contributed by atoms with van der Waals surface area (Å²) >= 11 is 0. The van der Waals surface area contributed by atoms with Crippen molar-refractivity contribution < 1.29 is 13.2 Å². The number of anilines is 1. The smallest absolute Gasteiger partial charge is 0.241 e. The number of amides is 1. The first-order chi connectivity index (χ1) is 10.4. The molecule has 0 fully saturated rings. The van der Waals surface area contributed by atoms with Gasteiger partial charge in [-0.25, -0.2) is 8.42 Å². The van der Waals surface area contributed by atoms with Gasteiger partial charge in [0, 0.05) is 5.69 Å². The summed E-state index contributed by atoms with van der Waals surface area (Å²) in [7, 11) is -3.27. The molecule has 0 aromatic heterocycles. The maximum Gasteiger partial charge on any atom is 0.241 e. The van der Waals surface area contributed by atoms with Crippen molar-refractivity contribution in [2.75, 3.05) is 5.32 Å². The third kappa shape index (κ3) is 5.95. The maximum absolute atomic E-state index is 12.3. The van der Waals surface area contributed by atoms with Crippen molar-refractivity contribution in [2.24, 2.45) is 11.7 Å². The van der Waals surface area contributed by atoms with Gasteiger partial charge < -0.3 is 11.1 Å². The molecule has 130 valence electrons. The zero-order chi connectivity index (χ0) is 17.8. The van der Waals surface area contributed by atoms with E-state index in [0.29, 0.717) is 23.6 Å². The van der Waals surface area contributed by atoms with Crippen LogP contribution in [0.15, 0.2) is 24.3 Å². The highest BCUT2D eigenvalue weighted by Crippen LogP contribution is 2.22. The van der Waals surface area contributed by atoms with Crippen LogP contribution in [0.25, 0.3) is 0 Å². The first-order valence-electron chi connectivity index (χ1n) is 7.80. The van der Waals surface area contributed by atoms with Gasteiger partial charge in [0.05, 0.1) is 16.5 Å². The highest BCUT2D eigenvalue weighted by Gasteiger charge is 2.29. The molecule has 0 aliphatic carbocycles. The summed E-state index contributed by atoms with van der Waals surface area (Å²) in [5.74, 6) is 0.0201. The molecular formula is C17H28N2O3S. The predicted octanol–water partition coefficient (Wildman–Crippen LogP) is 2.71. The van der Waals surface area contributed by atoms with Gasteiger partial charge in [-0.3, -0.25) is 4.79 Å². The number of carbonyl (C=O) groups is 1. The Labute approximate surface area is 139 Å². The van der Waals surface area contributed by atoms with E-state index in [-0.39, 0.29) is 11.7 Å². The summed E-state index contributed by atoms with van der Waals surface area (Å²) in [5.41, 5.74) is 7.07. The number of benzene rings is 1. The average Bonchev–Trinajstić information content (AvgIpc) is 2.36. The van der Waals surface area contributed by atoms with Gasteiger partial charge in [-0.1, -0.05) is 26.0 Å². The number of sulfone groups is 1. The molecule has 0 saturated heterocycles. The molecule has 0 saturated carbocycles. The molecule has 1 amide bonds. The molecule has 0 aliphatic rings. The quantitative estimate of drug-likeness (QED) is 0.833. The fourth-order valence-electron chi connectivity index (χ4n) is 2.02. The van der Waals surface area contributed by atoms with Crippen molar-refractivity contribution in [2.45, 2.75) is 57.6 Å². The average molecular weight is 340 g/mol. The number of nitrogens with one attached hydrogen (secondary N) is 1. The van der Waals surface area contributed by atoms with Gasteiger partial charge in [-0.05, 0) is 50.8 Å². The zero-order valence-electron chi connectivity index (χ0n) is 14.6. The lowest BCUT2D eigenvalue weighted by Crippen LogP contribution is -2.36. The standard InChI is InChI=1S/C17H28N2O3S/c1-12(2)9-15(18)16(20)19-14-8-6-7-13(10-14)11-23(21,22)17(3,4)5/h6-8,10,12,15H,9,11,18H2,1-5H3,(H,19,20)/t15-/m0/s1. The fraction of sp³-hybridized carbons (Fsp3) is 0.588. The van der Waals surface area contributed by atoms with E-state index in [4.69, 9.17) is 5.73 Å². The minimum absolute atomic E-state index is 0.0573. The van der Waals surface area contributed by atoms with Crippen LogP contribution < -0.4 is 11.1 Å². The zero-order valence-corrected chi connectivity index (χ0v) is 15.4. The Morgan fingerprint density at radius 2 is 1.87 bits per heavy atom. The van der Waals surface area contributed by atoms with Crippen LogP contribution in [0.3, 0.4) is 0 Å². The van der Waals surface area contributed by atoms with Crippen LogP contribution in [0, 0.1) is 5.92 Å². The van der Waals surface area contributed by atoms with Crippen LogP contribution in [0.5, 0.6) is 0 Å². The van der Waals surface area contributed by atoms with Crippen LogP contribution in [0.2, 0.25) is 0 Å². The molecular weight excluding hydrogens is 312 g/mol. The molecule has 23 heavy (non-hydrogen) atoms. The molecule has 0 aliphatic heterocycles. The lowest BCUT2D eigenvalue weighted by Gasteiger charge is -2.19. The van der Waals surface area contributed by atoms with Crippen molar-refractivity contribution in [3.05, 3.63) is 29.8 Å². The molecule has 0 heterocycles. The Hall–Kier alpha value is -1.40. The number of hydrogen-bond donors (Lipinski definition) is 2.